The van der Waals surface area contributed by atoms with Crippen molar-refractivity contribution in [1.29, 1.82) is 0 Å². The average Bonchev–Trinajstić information content (AvgIpc) is 2.56. The largest absolute Gasteiger partial charge is 0.326 e. The van der Waals surface area contributed by atoms with Crippen LogP contribution in [0, 0.1) is 0 Å². The summed E-state index contributed by atoms with van der Waals surface area (Å²) in [6.45, 7) is 3.06. The fraction of sp³-hybridized carbons (Fsp3) is 0.222. The summed E-state index contributed by atoms with van der Waals surface area (Å²) in [6.07, 6.45) is 0.644. The molecule has 0 radical (unpaired) electrons. The molecular weight excluding hydrogens is 340 g/mol. The number of rotatable bonds is 6. The second kappa shape index (κ2) is 7.94. The van der Waals surface area contributed by atoms with Crippen molar-refractivity contribution in [3.8, 4) is 0 Å². The number of amides is 2. The Morgan fingerprint density at radius 2 is 1.60 bits per heavy atom. The summed E-state index contributed by atoms with van der Waals surface area (Å²) >= 11 is 0. The van der Waals surface area contributed by atoms with Gasteiger partial charge in [-0.3, -0.25) is 9.59 Å². The molecule has 2 aromatic rings. The number of benzene rings is 2. The molecule has 7 heteroatoms. The van der Waals surface area contributed by atoms with Crippen LogP contribution in [0.4, 0.5) is 5.69 Å². The number of carbonyl (C=O) groups excluding carboxylic acids is 2. The van der Waals surface area contributed by atoms with Crippen molar-refractivity contribution < 1.29 is 18.0 Å². The molecule has 0 aliphatic heterocycles. The van der Waals surface area contributed by atoms with E-state index >= 15 is 0 Å². The Morgan fingerprint density at radius 3 is 2.12 bits per heavy atom. The van der Waals surface area contributed by atoms with Crippen molar-refractivity contribution in [3.05, 3.63) is 60.2 Å². The molecule has 0 spiro atoms. The monoisotopic (exact) mass is 360 g/mol. The van der Waals surface area contributed by atoms with Crippen LogP contribution in [0.25, 0.3) is 0 Å². The van der Waals surface area contributed by atoms with E-state index in [4.69, 9.17) is 0 Å². The van der Waals surface area contributed by atoms with Gasteiger partial charge in [-0.1, -0.05) is 37.3 Å². The van der Waals surface area contributed by atoms with Gasteiger partial charge in [0.25, 0.3) is 10.0 Å². The highest BCUT2D eigenvalue weighted by Crippen LogP contribution is 2.22. The van der Waals surface area contributed by atoms with E-state index in [-0.39, 0.29) is 16.7 Å². The van der Waals surface area contributed by atoms with Crippen molar-refractivity contribution in [2.24, 2.45) is 0 Å². The first-order chi connectivity index (χ1) is 11.8. The molecule has 0 saturated heterocycles. The number of nitrogens with one attached hydrogen (secondary N) is 2. The van der Waals surface area contributed by atoms with Crippen LogP contribution in [0.3, 0.4) is 0 Å². The summed E-state index contributed by atoms with van der Waals surface area (Å²) in [6, 6.07) is 15.1. The zero-order valence-electron chi connectivity index (χ0n) is 14.0. The average molecular weight is 360 g/mol. The Morgan fingerprint density at radius 1 is 1.00 bits per heavy atom. The molecule has 2 aromatic carbocycles. The Balaban J connectivity index is 2.13. The molecule has 0 unspecified atom stereocenters. The molecule has 132 valence electrons. The molecule has 6 nitrogen and oxygen atoms in total. The lowest BCUT2D eigenvalue weighted by Crippen LogP contribution is -2.28. The van der Waals surface area contributed by atoms with E-state index in [0.29, 0.717) is 12.1 Å². The number of sulfonamides is 1. The molecular formula is C18H20N2O4S. The fourth-order valence-electron chi connectivity index (χ4n) is 2.45. The lowest BCUT2D eigenvalue weighted by Gasteiger charge is -2.15. The van der Waals surface area contributed by atoms with E-state index in [1.165, 1.54) is 24.3 Å². The third kappa shape index (κ3) is 4.90. The SMILES string of the molecule is CC[C@@H](C(=O)Nc1ccc(S(=O)(=O)NC(C)=O)cc1)c1ccccc1. The van der Waals surface area contributed by atoms with E-state index < -0.39 is 15.9 Å². The summed E-state index contributed by atoms with van der Waals surface area (Å²) in [7, 11) is -3.88. The normalized spacial score (nSPS) is 12.2. The number of hydrogen-bond donors (Lipinski definition) is 2. The van der Waals surface area contributed by atoms with E-state index in [1.54, 1.807) is 0 Å². The van der Waals surface area contributed by atoms with Crippen LogP contribution in [0.2, 0.25) is 0 Å². The van der Waals surface area contributed by atoms with Crippen LogP contribution in [0.5, 0.6) is 0 Å². The Kier molecular flexibility index (Phi) is 5.93. The highest BCUT2D eigenvalue weighted by Gasteiger charge is 2.19. The smallest absolute Gasteiger partial charge is 0.264 e. The molecule has 0 saturated carbocycles. The second-order valence-corrected chi connectivity index (χ2v) is 7.23. The molecule has 0 aliphatic rings. The first kappa shape index (κ1) is 18.7. The van der Waals surface area contributed by atoms with Crippen molar-refractivity contribution in [2.45, 2.75) is 31.1 Å². The topological polar surface area (TPSA) is 92.3 Å². The molecule has 0 fully saturated rings. The third-order valence-corrected chi connectivity index (χ3v) is 5.09. The zero-order valence-corrected chi connectivity index (χ0v) is 14.8. The first-order valence-corrected chi connectivity index (χ1v) is 9.31. The van der Waals surface area contributed by atoms with Gasteiger partial charge in [0.1, 0.15) is 0 Å². The predicted molar refractivity (Wildman–Crippen MR) is 95.5 cm³/mol. The minimum atomic E-state index is -3.88. The van der Waals surface area contributed by atoms with Crippen LogP contribution < -0.4 is 10.0 Å². The number of carbonyl (C=O) groups is 2. The quantitative estimate of drug-likeness (QED) is 0.828. The van der Waals surface area contributed by atoms with E-state index in [0.717, 1.165) is 12.5 Å². The van der Waals surface area contributed by atoms with Gasteiger partial charge < -0.3 is 5.32 Å². The second-order valence-electron chi connectivity index (χ2n) is 5.55. The van der Waals surface area contributed by atoms with Gasteiger partial charge in [0, 0.05) is 12.6 Å². The van der Waals surface area contributed by atoms with Crippen LogP contribution in [-0.2, 0) is 19.6 Å². The highest BCUT2D eigenvalue weighted by molar-refractivity contribution is 7.90. The van der Waals surface area contributed by atoms with Gasteiger partial charge in [0.2, 0.25) is 11.8 Å². The van der Waals surface area contributed by atoms with E-state index in [1.807, 2.05) is 42.0 Å². The molecule has 0 aliphatic carbocycles. The Labute approximate surface area is 147 Å². The molecule has 2 rings (SSSR count). The molecule has 25 heavy (non-hydrogen) atoms. The summed E-state index contributed by atoms with van der Waals surface area (Å²) in [5, 5.41) is 2.79. The van der Waals surface area contributed by atoms with Crippen LogP contribution >= 0.6 is 0 Å². The fourth-order valence-corrected chi connectivity index (χ4v) is 3.44. The maximum atomic E-state index is 12.5. The first-order valence-electron chi connectivity index (χ1n) is 7.82. The van der Waals surface area contributed by atoms with Gasteiger partial charge in [-0.25, -0.2) is 13.1 Å². The van der Waals surface area contributed by atoms with Gasteiger partial charge in [-0.05, 0) is 36.2 Å². The lowest BCUT2D eigenvalue weighted by molar-refractivity contribution is -0.118. The van der Waals surface area contributed by atoms with Crippen molar-refractivity contribution in [1.82, 2.24) is 4.72 Å². The molecule has 2 amide bonds. The third-order valence-electron chi connectivity index (χ3n) is 3.64. The van der Waals surface area contributed by atoms with Crippen molar-refractivity contribution >= 4 is 27.5 Å². The zero-order chi connectivity index (χ0) is 18.4. The van der Waals surface area contributed by atoms with Crippen LogP contribution in [0.1, 0.15) is 31.7 Å². The molecule has 0 heterocycles. The van der Waals surface area contributed by atoms with Gasteiger partial charge in [-0.15, -0.1) is 0 Å². The lowest BCUT2D eigenvalue weighted by atomic mass is 9.95. The Hall–Kier alpha value is -2.67. The minimum Gasteiger partial charge on any atom is -0.326 e. The maximum absolute atomic E-state index is 12.5. The summed E-state index contributed by atoms with van der Waals surface area (Å²) in [5.74, 6) is -1.11. The molecule has 2 N–H and O–H groups in total. The van der Waals surface area contributed by atoms with Gasteiger partial charge in [0.05, 0.1) is 10.8 Å². The van der Waals surface area contributed by atoms with Crippen LogP contribution in [-0.4, -0.2) is 20.2 Å². The summed E-state index contributed by atoms with van der Waals surface area (Å²) in [4.78, 5) is 23.4. The summed E-state index contributed by atoms with van der Waals surface area (Å²) in [5.41, 5.74) is 1.41. The van der Waals surface area contributed by atoms with Crippen LogP contribution in [0.15, 0.2) is 59.5 Å². The highest BCUT2D eigenvalue weighted by atomic mass is 32.2. The molecule has 0 bridgehead atoms. The van der Waals surface area contributed by atoms with Gasteiger partial charge in [0.15, 0.2) is 0 Å². The molecule has 1 atom stereocenters. The van der Waals surface area contributed by atoms with E-state index in [2.05, 4.69) is 5.32 Å². The maximum Gasteiger partial charge on any atom is 0.264 e. The molecule has 0 aromatic heterocycles. The number of anilines is 1. The van der Waals surface area contributed by atoms with Gasteiger partial charge in [-0.2, -0.15) is 0 Å². The van der Waals surface area contributed by atoms with Crippen molar-refractivity contribution in [2.75, 3.05) is 5.32 Å². The van der Waals surface area contributed by atoms with Gasteiger partial charge >= 0.3 is 0 Å². The number of hydrogen-bond acceptors (Lipinski definition) is 4. The minimum absolute atomic E-state index is 0.0456. The predicted octanol–water partition coefficient (Wildman–Crippen LogP) is 2.64. The Bertz CT molecular complexity index is 846. The standard InChI is InChI=1S/C18H20N2O4S/c1-3-17(14-7-5-4-6-8-14)18(22)19-15-9-11-16(12-10-15)25(23,24)20-13(2)21/h4-12,17H,3H2,1-2H3,(H,19,22)(H,20,21)/t17-/m1/s1. The van der Waals surface area contributed by atoms with Crippen molar-refractivity contribution in [3.63, 3.8) is 0 Å². The summed E-state index contributed by atoms with van der Waals surface area (Å²) < 4.78 is 25.7. The van der Waals surface area contributed by atoms with E-state index in [9.17, 15) is 18.0 Å².